The van der Waals surface area contributed by atoms with Gasteiger partial charge in [-0.25, -0.2) is 0 Å². The first-order valence-corrected chi connectivity index (χ1v) is 3.80. The molecule has 0 bridgehead atoms. The minimum Gasteiger partial charge on any atom is -0.251 e. The molecule has 1 nitrogen and oxygen atoms in total. The molecule has 15 heavy (non-hydrogen) atoms. The third-order valence-corrected chi connectivity index (χ3v) is 1.76. The molecule has 0 spiro atoms. The highest BCUT2D eigenvalue weighted by Crippen LogP contribution is 2.36. The molecule has 0 atom stereocenters. The van der Waals surface area contributed by atoms with Gasteiger partial charge in [0.1, 0.15) is 5.69 Å². The van der Waals surface area contributed by atoms with E-state index in [0.29, 0.717) is 0 Å². The van der Waals surface area contributed by atoms with Crippen molar-refractivity contribution in [1.29, 1.82) is 0 Å². The Hall–Kier alpha value is -0.980. The summed E-state index contributed by atoms with van der Waals surface area (Å²) in [5.74, 6) is 0. The molecule has 84 valence electrons. The molecule has 0 N–H and O–H groups in total. The zero-order valence-electron chi connectivity index (χ0n) is 6.75. The Labute approximate surface area is 84.7 Å². The maximum absolute atomic E-state index is 12.1. The number of hydrogen-bond acceptors (Lipinski definition) is 1. The summed E-state index contributed by atoms with van der Waals surface area (Å²) in [5.41, 5.74) is -2.85. The number of aromatic nitrogens is 1. The zero-order chi connectivity index (χ0) is 11.9. The van der Waals surface area contributed by atoms with Crippen molar-refractivity contribution in [3.63, 3.8) is 0 Å². The first-order valence-electron chi connectivity index (χ1n) is 3.42. The highest BCUT2D eigenvalue weighted by Gasteiger charge is 2.37. The van der Waals surface area contributed by atoms with Gasteiger partial charge in [-0.05, 0) is 6.07 Å². The lowest BCUT2D eigenvalue weighted by molar-refractivity contribution is -0.144. The van der Waals surface area contributed by atoms with Crippen molar-refractivity contribution in [2.24, 2.45) is 0 Å². The van der Waals surface area contributed by atoms with E-state index >= 15 is 0 Å². The van der Waals surface area contributed by atoms with E-state index in [2.05, 4.69) is 4.98 Å². The largest absolute Gasteiger partial charge is 0.433 e. The van der Waals surface area contributed by atoms with Gasteiger partial charge in [-0.2, -0.15) is 26.3 Å². The van der Waals surface area contributed by atoms with Gasteiger partial charge in [0.2, 0.25) is 0 Å². The van der Waals surface area contributed by atoms with Crippen LogP contribution in [0.4, 0.5) is 26.3 Å². The average molecular weight is 250 g/mol. The van der Waals surface area contributed by atoms with Gasteiger partial charge < -0.3 is 0 Å². The van der Waals surface area contributed by atoms with Crippen LogP contribution in [0.25, 0.3) is 0 Å². The summed E-state index contributed by atoms with van der Waals surface area (Å²) in [6, 6.07) is 0.143. The monoisotopic (exact) mass is 249 g/mol. The lowest BCUT2D eigenvalue weighted by Gasteiger charge is -2.10. The Morgan fingerprint density at radius 3 is 1.87 bits per heavy atom. The summed E-state index contributed by atoms with van der Waals surface area (Å²) in [6.45, 7) is 0. The van der Waals surface area contributed by atoms with Gasteiger partial charge in [-0.15, -0.1) is 0 Å². The quantitative estimate of drug-likeness (QED) is 0.638. The van der Waals surface area contributed by atoms with Crippen LogP contribution in [0, 0.1) is 0 Å². The van der Waals surface area contributed by atoms with Crippen LogP contribution in [-0.2, 0) is 12.4 Å². The molecule has 8 heteroatoms. The number of hydrogen-bond donors (Lipinski definition) is 0. The van der Waals surface area contributed by atoms with E-state index in [4.69, 9.17) is 11.6 Å². The molecule has 0 fully saturated rings. The van der Waals surface area contributed by atoms with Crippen molar-refractivity contribution in [2.75, 3.05) is 0 Å². The fraction of sp³-hybridized carbons (Fsp3) is 0.286. The van der Waals surface area contributed by atoms with E-state index in [-0.39, 0.29) is 12.3 Å². The fourth-order valence-electron chi connectivity index (χ4n) is 0.794. The molecule has 0 saturated carbocycles. The smallest absolute Gasteiger partial charge is 0.251 e. The molecule has 1 aromatic heterocycles. The Balaban J connectivity index is 3.21. The molecule has 0 aromatic carbocycles. The van der Waals surface area contributed by atoms with Crippen LogP contribution in [0.3, 0.4) is 0 Å². The first-order chi connectivity index (χ1) is 6.62. The molecular weight excluding hydrogens is 248 g/mol. The minimum atomic E-state index is -4.81. The van der Waals surface area contributed by atoms with Crippen LogP contribution in [0.2, 0.25) is 5.02 Å². The van der Waals surface area contributed by atoms with E-state index in [1.807, 2.05) is 0 Å². The molecule has 0 saturated heterocycles. The van der Waals surface area contributed by atoms with Crippen LogP contribution in [-0.4, -0.2) is 4.98 Å². The van der Waals surface area contributed by atoms with Gasteiger partial charge >= 0.3 is 12.4 Å². The van der Waals surface area contributed by atoms with Gasteiger partial charge in [-0.3, -0.25) is 4.98 Å². The van der Waals surface area contributed by atoms with Crippen LogP contribution in [0.15, 0.2) is 12.3 Å². The van der Waals surface area contributed by atoms with Crippen LogP contribution in [0.1, 0.15) is 11.3 Å². The standard InChI is InChI=1S/C7H2ClF6N/c8-4-1-5(7(12,13)14)15-2-3(4)6(9,10)11/h1-2H. The first kappa shape index (κ1) is 12.1. The summed E-state index contributed by atoms with van der Waals surface area (Å²) in [6.07, 6.45) is -9.56. The maximum Gasteiger partial charge on any atom is 0.433 e. The summed E-state index contributed by atoms with van der Waals surface area (Å²) >= 11 is 5.06. The molecule has 0 aliphatic rings. The minimum absolute atomic E-state index is 0.0607. The topological polar surface area (TPSA) is 12.9 Å². The van der Waals surface area contributed by atoms with Crippen LogP contribution >= 0.6 is 11.6 Å². The summed E-state index contributed by atoms with van der Waals surface area (Å²) in [5, 5.41) is -1.02. The van der Waals surface area contributed by atoms with Gasteiger partial charge in [0.05, 0.1) is 10.6 Å². The second-order valence-corrected chi connectivity index (χ2v) is 2.95. The summed E-state index contributed by atoms with van der Waals surface area (Å²) < 4.78 is 72.2. The molecule has 0 amide bonds. The average Bonchev–Trinajstić information content (AvgIpc) is 1.99. The van der Waals surface area contributed by atoms with Crippen molar-refractivity contribution in [3.05, 3.63) is 28.5 Å². The lowest BCUT2D eigenvalue weighted by Crippen LogP contribution is -2.12. The molecule has 0 radical (unpaired) electrons. The highest BCUT2D eigenvalue weighted by atomic mass is 35.5. The zero-order valence-corrected chi connectivity index (χ0v) is 7.50. The Morgan fingerprint density at radius 2 is 1.53 bits per heavy atom. The summed E-state index contributed by atoms with van der Waals surface area (Å²) in [7, 11) is 0. The van der Waals surface area contributed by atoms with Crippen molar-refractivity contribution in [2.45, 2.75) is 12.4 Å². The van der Waals surface area contributed by atoms with E-state index in [9.17, 15) is 26.3 Å². The number of rotatable bonds is 0. The van der Waals surface area contributed by atoms with Crippen LogP contribution < -0.4 is 0 Å². The van der Waals surface area contributed by atoms with Gasteiger partial charge in [-0.1, -0.05) is 11.6 Å². The highest BCUT2D eigenvalue weighted by molar-refractivity contribution is 6.31. The van der Waals surface area contributed by atoms with Crippen molar-refractivity contribution >= 4 is 11.6 Å². The number of pyridine rings is 1. The summed E-state index contributed by atoms with van der Waals surface area (Å²) in [4.78, 5) is 2.65. The number of nitrogens with zero attached hydrogens (tertiary/aromatic N) is 1. The number of alkyl halides is 6. The van der Waals surface area contributed by atoms with Crippen molar-refractivity contribution in [3.8, 4) is 0 Å². The molecule has 0 aliphatic carbocycles. The molecule has 1 aromatic rings. The molecule has 0 aliphatic heterocycles. The SMILES string of the molecule is FC(F)(F)c1cc(Cl)c(C(F)(F)F)cn1. The normalized spacial score (nSPS) is 13.0. The van der Waals surface area contributed by atoms with Gasteiger partial charge in [0.25, 0.3) is 0 Å². The van der Waals surface area contributed by atoms with Crippen molar-refractivity contribution in [1.82, 2.24) is 4.98 Å². The molecule has 1 heterocycles. The second kappa shape index (κ2) is 3.55. The van der Waals surface area contributed by atoms with E-state index < -0.39 is 28.6 Å². The lowest BCUT2D eigenvalue weighted by atomic mass is 10.2. The van der Waals surface area contributed by atoms with Crippen molar-refractivity contribution < 1.29 is 26.3 Å². The maximum atomic E-state index is 12.1. The van der Waals surface area contributed by atoms with Crippen LogP contribution in [0.5, 0.6) is 0 Å². The second-order valence-electron chi connectivity index (χ2n) is 2.54. The predicted molar refractivity (Wildman–Crippen MR) is 39.3 cm³/mol. The molecular formula is C7H2ClF6N. The fourth-order valence-corrected chi connectivity index (χ4v) is 1.05. The van der Waals surface area contributed by atoms with E-state index in [1.165, 1.54) is 0 Å². The van der Waals surface area contributed by atoms with E-state index in [1.54, 1.807) is 0 Å². The Bertz CT molecular complexity index is 369. The van der Waals surface area contributed by atoms with Gasteiger partial charge in [0, 0.05) is 6.20 Å². The predicted octanol–water partition coefficient (Wildman–Crippen LogP) is 3.77. The third-order valence-electron chi connectivity index (χ3n) is 1.45. The Kier molecular flexibility index (Phi) is 2.86. The number of halogens is 7. The molecule has 1 rings (SSSR count). The van der Waals surface area contributed by atoms with Gasteiger partial charge in [0.15, 0.2) is 0 Å². The van der Waals surface area contributed by atoms with E-state index in [0.717, 1.165) is 0 Å². The Morgan fingerprint density at radius 1 is 1.00 bits per heavy atom. The third kappa shape index (κ3) is 2.74. The molecule has 0 unspecified atom stereocenters.